The maximum Gasteiger partial charge on any atom is 0.249 e. The van der Waals surface area contributed by atoms with E-state index in [9.17, 15) is 4.79 Å². The second-order valence-corrected chi connectivity index (χ2v) is 6.34. The average Bonchev–Trinajstić information content (AvgIpc) is 2.98. The normalized spacial score (nSPS) is 27.6. The number of nitrogens with zero attached hydrogens (tertiary/aromatic N) is 1. The fourth-order valence-corrected chi connectivity index (χ4v) is 3.61. The Morgan fingerprint density at radius 2 is 2.13 bits per heavy atom. The van der Waals surface area contributed by atoms with E-state index in [0.717, 1.165) is 32.4 Å². The summed E-state index contributed by atoms with van der Waals surface area (Å²) in [4.78, 5) is 14.6. The number of likely N-dealkylation sites (tertiary alicyclic amines) is 1. The van der Waals surface area contributed by atoms with Crippen LogP contribution in [0.25, 0.3) is 0 Å². The number of methoxy groups -OCH3 is 1. The lowest BCUT2D eigenvalue weighted by atomic mass is 9.98. The Morgan fingerprint density at radius 1 is 1.30 bits per heavy atom. The highest BCUT2D eigenvalue weighted by molar-refractivity contribution is 5.80. The molecule has 23 heavy (non-hydrogen) atoms. The van der Waals surface area contributed by atoms with Crippen LogP contribution in [0.4, 0.5) is 0 Å². The summed E-state index contributed by atoms with van der Waals surface area (Å²) in [6, 6.07) is 11.0. The number of rotatable bonds is 6. The minimum absolute atomic E-state index is 0.00186. The highest BCUT2D eigenvalue weighted by Gasteiger charge is 2.41. The van der Waals surface area contributed by atoms with Gasteiger partial charge in [-0.25, -0.2) is 0 Å². The van der Waals surface area contributed by atoms with Crippen LogP contribution in [0.5, 0.6) is 0 Å². The molecule has 2 fully saturated rings. The Morgan fingerprint density at radius 3 is 2.91 bits per heavy atom. The second kappa shape index (κ2) is 7.90. The van der Waals surface area contributed by atoms with Crippen molar-refractivity contribution in [2.75, 3.05) is 26.8 Å². The number of nitrogens with one attached hydrogen (secondary N) is 1. The fourth-order valence-electron chi connectivity index (χ4n) is 3.61. The van der Waals surface area contributed by atoms with E-state index < -0.39 is 0 Å². The number of carbonyl (C=O) groups excluding carboxylic acids is 1. The van der Waals surface area contributed by atoms with Crippen LogP contribution in [0.2, 0.25) is 0 Å². The van der Waals surface area contributed by atoms with Crippen molar-refractivity contribution >= 4 is 5.91 Å². The Bertz CT molecular complexity index is 508. The fraction of sp³-hybridized carbons (Fsp3) is 0.611. The molecule has 3 atom stereocenters. The molecule has 1 N–H and O–H groups in total. The van der Waals surface area contributed by atoms with Crippen molar-refractivity contribution in [3.63, 3.8) is 0 Å². The van der Waals surface area contributed by atoms with Crippen LogP contribution in [0, 0.1) is 0 Å². The van der Waals surface area contributed by atoms with Crippen molar-refractivity contribution in [2.24, 2.45) is 0 Å². The van der Waals surface area contributed by atoms with Gasteiger partial charge in [-0.15, -0.1) is 0 Å². The maximum atomic E-state index is 12.1. The van der Waals surface area contributed by atoms with Crippen LogP contribution in [0.3, 0.4) is 0 Å². The molecule has 0 saturated carbocycles. The summed E-state index contributed by atoms with van der Waals surface area (Å²) in [7, 11) is 1.63. The van der Waals surface area contributed by atoms with E-state index in [4.69, 9.17) is 9.47 Å². The van der Waals surface area contributed by atoms with Gasteiger partial charge in [0.2, 0.25) is 5.91 Å². The monoisotopic (exact) mass is 318 g/mol. The van der Waals surface area contributed by atoms with Gasteiger partial charge in [0.25, 0.3) is 0 Å². The minimum Gasteiger partial charge on any atom is -0.383 e. The average molecular weight is 318 g/mol. The number of fused-ring (bicyclic) bond motifs is 1. The summed E-state index contributed by atoms with van der Waals surface area (Å²) < 4.78 is 11.0. The summed E-state index contributed by atoms with van der Waals surface area (Å²) in [5, 5.41) is 2.88. The third-order valence-corrected chi connectivity index (χ3v) is 4.79. The van der Waals surface area contributed by atoms with Gasteiger partial charge in [0, 0.05) is 32.8 Å². The quantitative estimate of drug-likeness (QED) is 0.809. The molecule has 0 spiro atoms. The Kier molecular flexibility index (Phi) is 5.65. The number of benzene rings is 1. The van der Waals surface area contributed by atoms with E-state index in [0.29, 0.717) is 19.2 Å². The van der Waals surface area contributed by atoms with Gasteiger partial charge >= 0.3 is 0 Å². The zero-order valence-corrected chi connectivity index (χ0v) is 13.7. The minimum atomic E-state index is -0.301. The molecular formula is C18H26N2O3. The van der Waals surface area contributed by atoms with Crippen molar-refractivity contribution in [3.8, 4) is 0 Å². The molecule has 2 heterocycles. The molecule has 5 nitrogen and oxygen atoms in total. The van der Waals surface area contributed by atoms with Crippen molar-refractivity contribution in [1.82, 2.24) is 10.2 Å². The molecule has 1 aromatic carbocycles. The zero-order chi connectivity index (χ0) is 16.1. The van der Waals surface area contributed by atoms with Gasteiger partial charge in [0.05, 0.1) is 12.7 Å². The zero-order valence-electron chi connectivity index (χ0n) is 13.7. The Labute approximate surface area is 137 Å². The number of hydrogen-bond acceptors (Lipinski definition) is 4. The van der Waals surface area contributed by atoms with E-state index in [2.05, 4.69) is 34.5 Å². The van der Waals surface area contributed by atoms with Crippen LogP contribution in [-0.4, -0.2) is 55.9 Å². The lowest BCUT2D eigenvalue weighted by Gasteiger charge is -2.35. The molecule has 0 bridgehead atoms. The molecule has 0 radical (unpaired) electrons. The summed E-state index contributed by atoms with van der Waals surface area (Å²) in [5.74, 6) is 0.00186. The first kappa shape index (κ1) is 16.4. The number of amides is 1. The number of hydrogen-bond donors (Lipinski definition) is 1. The highest BCUT2D eigenvalue weighted by atomic mass is 16.5. The van der Waals surface area contributed by atoms with Crippen LogP contribution in [0.1, 0.15) is 24.8 Å². The molecule has 1 amide bonds. The molecule has 2 aliphatic heterocycles. The van der Waals surface area contributed by atoms with Gasteiger partial charge in [-0.2, -0.15) is 0 Å². The number of carbonyl (C=O) groups is 1. The lowest BCUT2D eigenvalue weighted by Crippen LogP contribution is -2.48. The summed E-state index contributed by atoms with van der Waals surface area (Å²) >= 11 is 0. The molecule has 126 valence electrons. The molecule has 0 unspecified atom stereocenters. The van der Waals surface area contributed by atoms with Crippen molar-refractivity contribution in [2.45, 2.75) is 44.1 Å². The smallest absolute Gasteiger partial charge is 0.249 e. The molecule has 5 heteroatoms. The van der Waals surface area contributed by atoms with Crippen LogP contribution < -0.4 is 5.32 Å². The van der Waals surface area contributed by atoms with Crippen molar-refractivity contribution < 1.29 is 14.3 Å². The van der Waals surface area contributed by atoms with Gasteiger partial charge in [-0.3, -0.25) is 9.69 Å². The molecule has 0 aliphatic carbocycles. The number of ether oxygens (including phenoxy) is 2. The maximum absolute atomic E-state index is 12.1. The van der Waals surface area contributed by atoms with E-state index in [1.54, 1.807) is 7.11 Å². The first-order valence-corrected chi connectivity index (χ1v) is 8.48. The Balaban J connectivity index is 1.51. The molecule has 0 aromatic heterocycles. The third kappa shape index (κ3) is 4.10. The molecule has 1 aromatic rings. The SMILES string of the molecule is COCCNC(=O)[C@@H]1CC[C@@H]2[C@@H](CCN2Cc2ccccc2)O1. The molecule has 2 aliphatic rings. The standard InChI is InChI=1S/C18H26N2O3/c1-22-12-10-19-18(21)17-8-7-15-16(23-17)9-11-20(15)13-14-5-3-2-4-6-14/h2-6,15-17H,7-13H2,1H3,(H,19,21)/t15-,16-,17+/m1/s1. The van der Waals surface area contributed by atoms with Gasteiger partial charge in [0.1, 0.15) is 6.10 Å². The summed E-state index contributed by atoms with van der Waals surface area (Å²) in [6.45, 7) is 3.09. The predicted octanol–water partition coefficient (Wildman–Crippen LogP) is 1.57. The molecular weight excluding hydrogens is 292 g/mol. The summed E-state index contributed by atoms with van der Waals surface area (Å²) in [6.07, 6.45) is 2.72. The van der Waals surface area contributed by atoms with Gasteiger partial charge in [0.15, 0.2) is 0 Å². The first-order valence-electron chi connectivity index (χ1n) is 8.48. The van der Waals surface area contributed by atoms with E-state index >= 15 is 0 Å². The van der Waals surface area contributed by atoms with E-state index in [1.165, 1.54) is 5.56 Å². The van der Waals surface area contributed by atoms with Gasteiger partial charge in [-0.1, -0.05) is 30.3 Å². The van der Waals surface area contributed by atoms with Crippen LogP contribution in [-0.2, 0) is 20.8 Å². The Hall–Kier alpha value is -1.43. The summed E-state index contributed by atoms with van der Waals surface area (Å²) in [5.41, 5.74) is 1.34. The van der Waals surface area contributed by atoms with Crippen molar-refractivity contribution in [1.29, 1.82) is 0 Å². The van der Waals surface area contributed by atoms with E-state index in [1.807, 2.05) is 6.07 Å². The highest BCUT2D eigenvalue weighted by Crippen LogP contribution is 2.32. The van der Waals surface area contributed by atoms with Crippen LogP contribution >= 0.6 is 0 Å². The van der Waals surface area contributed by atoms with Gasteiger partial charge in [-0.05, 0) is 24.8 Å². The lowest BCUT2D eigenvalue weighted by molar-refractivity contribution is -0.144. The third-order valence-electron chi connectivity index (χ3n) is 4.79. The van der Waals surface area contributed by atoms with Gasteiger partial charge < -0.3 is 14.8 Å². The largest absolute Gasteiger partial charge is 0.383 e. The van der Waals surface area contributed by atoms with Crippen molar-refractivity contribution in [3.05, 3.63) is 35.9 Å². The van der Waals surface area contributed by atoms with E-state index in [-0.39, 0.29) is 18.1 Å². The predicted molar refractivity (Wildman–Crippen MR) is 88.0 cm³/mol. The topological polar surface area (TPSA) is 50.8 Å². The van der Waals surface area contributed by atoms with Crippen LogP contribution in [0.15, 0.2) is 30.3 Å². The first-order chi connectivity index (χ1) is 11.3. The molecule has 2 saturated heterocycles. The molecule has 3 rings (SSSR count). The second-order valence-electron chi connectivity index (χ2n) is 6.34.